The first-order valence-electron chi connectivity index (χ1n) is 11.1. The van der Waals surface area contributed by atoms with E-state index < -0.39 is 20.0 Å². The number of methoxy groups -OCH3 is 1. The van der Waals surface area contributed by atoms with Gasteiger partial charge in [0.25, 0.3) is 0 Å². The SMILES string of the molecule is COC(=O)[C@@H]1C[C@@H](C[Si](c2ccccc2)(c2ccccc2)C(C)(C)C)c2ccsc2C1=O. The summed E-state index contributed by atoms with van der Waals surface area (Å²) >= 11 is 1.45. The van der Waals surface area contributed by atoms with Crippen molar-refractivity contribution in [2.45, 2.75) is 44.2 Å². The van der Waals surface area contributed by atoms with Gasteiger partial charge in [-0.1, -0.05) is 91.8 Å². The smallest absolute Gasteiger partial charge is 0.316 e. The van der Waals surface area contributed by atoms with E-state index in [-0.39, 0.29) is 16.7 Å². The zero-order chi connectivity index (χ0) is 22.9. The van der Waals surface area contributed by atoms with Crippen molar-refractivity contribution in [3.05, 3.63) is 82.6 Å². The van der Waals surface area contributed by atoms with Gasteiger partial charge in [0.1, 0.15) is 14.0 Å². The van der Waals surface area contributed by atoms with Crippen LogP contribution in [0.1, 0.15) is 48.3 Å². The average molecular weight is 463 g/mol. The zero-order valence-electron chi connectivity index (χ0n) is 19.1. The van der Waals surface area contributed by atoms with Crippen LogP contribution in [0.4, 0.5) is 0 Å². The van der Waals surface area contributed by atoms with Crippen LogP contribution in [-0.4, -0.2) is 26.9 Å². The van der Waals surface area contributed by atoms with Crippen molar-refractivity contribution in [2.24, 2.45) is 5.92 Å². The maximum atomic E-state index is 13.0. The lowest BCUT2D eigenvalue weighted by Gasteiger charge is -2.47. The number of carbonyl (C=O) groups excluding carboxylic acids is 2. The minimum Gasteiger partial charge on any atom is -0.468 e. The maximum absolute atomic E-state index is 13.0. The molecule has 4 rings (SSSR count). The van der Waals surface area contributed by atoms with E-state index in [1.54, 1.807) is 0 Å². The number of Topliss-reactive ketones (excluding diaryl/α,β-unsaturated/α-hetero) is 1. The van der Waals surface area contributed by atoms with E-state index in [0.717, 1.165) is 16.5 Å². The Balaban J connectivity index is 1.90. The Bertz CT molecular complexity index is 1060. The number of benzene rings is 2. The van der Waals surface area contributed by atoms with Gasteiger partial charge in [-0.2, -0.15) is 0 Å². The van der Waals surface area contributed by atoms with Crippen molar-refractivity contribution < 1.29 is 14.3 Å². The van der Waals surface area contributed by atoms with Crippen LogP contribution in [0.3, 0.4) is 0 Å². The summed E-state index contributed by atoms with van der Waals surface area (Å²) in [6.07, 6.45) is 0.514. The average Bonchev–Trinajstić information content (AvgIpc) is 3.29. The van der Waals surface area contributed by atoms with Crippen molar-refractivity contribution >= 4 is 41.5 Å². The van der Waals surface area contributed by atoms with E-state index >= 15 is 0 Å². The van der Waals surface area contributed by atoms with Gasteiger partial charge in [0, 0.05) is 0 Å². The molecule has 3 nitrogen and oxygen atoms in total. The Morgan fingerprint density at radius 1 is 1.00 bits per heavy atom. The molecule has 5 heteroatoms. The summed E-state index contributed by atoms with van der Waals surface area (Å²) in [7, 11) is -0.962. The summed E-state index contributed by atoms with van der Waals surface area (Å²) in [4.78, 5) is 26.3. The molecule has 1 heterocycles. The molecule has 1 aliphatic rings. The summed E-state index contributed by atoms with van der Waals surface area (Å²) in [5.41, 5.74) is 1.10. The lowest BCUT2D eigenvalue weighted by Crippen LogP contribution is -2.65. The topological polar surface area (TPSA) is 43.4 Å². The predicted molar refractivity (Wildman–Crippen MR) is 134 cm³/mol. The second-order valence-electron chi connectivity index (χ2n) is 9.67. The number of carbonyl (C=O) groups is 2. The molecule has 0 amide bonds. The van der Waals surface area contributed by atoms with E-state index in [1.165, 1.54) is 28.8 Å². The van der Waals surface area contributed by atoms with Gasteiger partial charge in [0.15, 0.2) is 5.78 Å². The van der Waals surface area contributed by atoms with Gasteiger partial charge < -0.3 is 4.74 Å². The minimum atomic E-state index is -2.33. The summed E-state index contributed by atoms with van der Waals surface area (Å²) in [6, 6.07) is 24.8. The number of ketones is 1. The van der Waals surface area contributed by atoms with Gasteiger partial charge in [0.05, 0.1) is 12.0 Å². The van der Waals surface area contributed by atoms with Crippen LogP contribution in [-0.2, 0) is 9.53 Å². The Labute approximate surface area is 195 Å². The fraction of sp³-hybridized carbons (Fsp3) is 0.333. The predicted octanol–water partition coefficient (Wildman–Crippen LogP) is 5.27. The largest absolute Gasteiger partial charge is 0.468 e. The second-order valence-corrected chi connectivity index (χ2v) is 15.5. The molecule has 0 spiro atoms. The molecule has 0 N–H and O–H groups in total. The molecule has 1 aliphatic carbocycles. The Kier molecular flexibility index (Phi) is 6.23. The van der Waals surface area contributed by atoms with Crippen molar-refractivity contribution in [1.82, 2.24) is 0 Å². The third kappa shape index (κ3) is 3.78. The van der Waals surface area contributed by atoms with Crippen molar-refractivity contribution in [3.63, 3.8) is 0 Å². The highest BCUT2D eigenvalue weighted by Gasteiger charge is 2.51. The van der Waals surface area contributed by atoms with E-state index in [9.17, 15) is 9.59 Å². The van der Waals surface area contributed by atoms with Gasteiger partial charge in [-0.25, -0.2) is 0 Å². The summed E-state index contributed by atoms with van der Waals surface area (Å²) in [5.74, 6) is -1.08. The molecule has 0 saturated heterocycles. The van der Waals surface area contributed by atoms with Crippen molar-refractivity contribution in [2.75, 3.05) is 7.11 Å². The summed E-state index contributed by atoms with van der Waals surface area (Å²) in [5, 5.41) is 4.79. The van der Waals surface area contributed by atoms with Gasteiger partial charge in [-0.15, -0.1) is 11.3 Å². The van der Waals surface area contributed by atoms with E-state index in [1.807, 2.05) is 5.38 Å². The lowest BCUT2D eigenvalue weighted by atomic mass is 9.81. The van der Waals surface area contributed by atoms with Gasteiger partial charge >= 0.3 is 5.97 Å². The van der Waals surface area contributed by atoms with E-state index in [0.29, 0.717) is 6.42 Å². The number of hydrogen-bond donors (Lipinski definition) is 0. The molecule has 1 aromatic heterocycles. The highest BCUT2D eigenvalue weighted by atomic mass is 32.1. The van der Waals surface area contributed by atoms with Crippen LogP contribution in [0.2, 0.25) is 11.1 Å². The van der Waals surface area contributed by atoms with Crippen LogP contribution >= 0.6 is 11.3 Å². The highest BCUT2D eigenvalue weighted by molar-refractivity contribution is 7.12. The Hall–Kier alpha value is -2.50. The van der Waals surface area contributed by atoms with Crippen LogP contribution in [0.25, 0.3) is 0 Å². The van der Waals surface area contributed by atoms with Gasteiger partial charge in [-0.05, 0) is 40.4 Å². The normalized spacial score (nSPS) is 18.8. The van der Waals surface area contributed by atoms with Crippen molar-refractivity contribution in [3.8, 4) is 0 Å². The molecule has 0 bridgehead atoms. The highest BCUT2D eigenvalue weighted by Crippen LogP contribution is 2.47. The maximum Gasteiger partial charge on any atom is 0.316 e. The Morgan fingerprint density at radius 2 is 1.56 bits per heavy atom. The first-order valence-corrected chi connectivity index (χ1v) is 14.2. The fourth-order valence-electron chi connectivity index (χ4n) is 5.45. The van der Waals surface area contributed by atoms with Crippen molar-refractivity contribution in [1.29, 1.82) is 0 Å². The first kappa shape index (κ1) is 22.7. The number of hydrogen-bond acceptors (Lipinski definition) is 4. The standard InChI is InChI=1S/C27H30O3SSi/c1-27(2,3)32(20-11-7-5-8-12-20,21-13-9-6-10-14-21)18-19-17-23(26(29)30-4)24(28)25-22(19)15-16-31-25/h5-16,19,23H,17-18H2,1-4H3/t19-,23+/m0/s1. The molecule has 0 radical (unpaired) electrons. The van der Waals surface area contributed by atoms with Crippen LogP contribution in [0.15, 0.2) is 72.1 Å². The van der Waals surface area contributed by atoms with Gasteiger partial charge in [-0.3, -0.25) is 9.59 Å². The molecular formula is C27H30O3SSi. The van der Waals surface area contributed by atoms with Gasteiger partial charge in [0.2, 0.25) is 0 Å². The molecule has 166 valence electrons. The molecule has 32 heavy (non-hydrogen) atoms. The van der Waals surface area contributed by atoms with E-state index in [4.69, 9.17) is 4.74 Å². The van der Waals surface area contributed by atoms with Crippen LogP contribution < -0.4 is 10.4 Å². The molecule has 0 fully saturated rings. The third-order valence-corrected chi connectivity index (χ3v) is 14.3. The summed E-state index contributed by atoms with van der Waals surface area (Å²) in [6.45, 7) is 7.04. The zero-order valence-corrected chi connectivity index (χ0v) is 20.9. The number of thiophene rings is 1. The molecule has 3 aromatic rings. The quantitative estimate of drug-likeness (QED) is 0.295. The van der Waals surface area contributed by atoms with E-state index in [2.05, 4.69) is 87.5 Å². The lowest BCUT2D eigenvalue weighted by molar-refractivity contribution is -0.144. The molecule has 0 saturated carbocycles. The minimum absolute atomic E-state index is 0.0219. The monoisotopic (exact) mass is 462 g/mol. The number of esters is 1. The molecule has 2 aromatic carbocycles. The number of fused-ring (bicyclic) bond motifs is 1. The molecule has 0 aliphatic heterocycles. The number of rotatable bonds is 5. The number of ether oxygens (including phenoxy) is 1. The molecular weight excluding hydrogens is 432 g/mol. The Morgan fingerprint density at radius 3 is 2.06 bits per heavy atom. The second kappa shape index (κ2) is 8.79. The molecule has 2 atom stereocenters. The first-order chi connectivity index (χ1) is 15.3. The molecule has 0 unspecified atom stereocenters. The fourth-order valence-corrected chi connectivity index (χ4v) is 12.2. The van der Waals surface area contributed by atoms with Crippen LogP contribution in [0.5, 0.6) is 0 Å². The third-order valence-electron chi connectivity index (χ3n) is 7.05. The summed E-state index contributed by atoms with van der Waals surface area (Å²) < 4.78 is 5.02. The van der Waals surface area contributed by atoms with Crippen LogP contribution in [0, 0.1) is 5.92 Å².